The Morgan fingerprint density at radius 1 is 1.30 bits per heavy atom. The maximum absolute atomic E-state index is 13.4. The van der Waals surface area contributed by atoms with Crippen molar-refractivity contribution < 1.29 is 27.2 Å². The van der Waals surface area contributed by atoms with Gasteiger partial charge in [-0.3, -0.25) is 9.59 Å². The molecule has 1 aliphatic heterocycles. The molecule has 1 N–H and O–H groups in total. The average molecular weight is 332 g/mol. The van der Waals surface area contributed by atoms with Crippen LogP contribution < -0.4 is 5.32 Å². The van der Waals surface area contributed by atoms with E-state index in [1.54, 1.807) is 18.2 Å². The Morgan fingerprint density at radius 3 is 2.65 bits per heavy atom. The minimum Gasteiger partial charge on any atom is -0.355 e. The molecule has 2 rings (SSSR count). The van der Waals surface area contributed by atoms with Crippen molar-refractivity contribution in [2.45, 2.75) is 19.0 Å². The molecule has 0 radical (unpaired) electrons. The molecular weight excluding hydrogens is 316 g/mol. The molecule has 8 heteroatoms. The second-order valence-corrected chi connectivity index (χ2v) is 5.42. The van der Waals surface area contributed by atoms with Crippen LogP contribution in [-0.4, -0.2) is 42.5 Å². The molecule has 1 fully saturated rings. The SMILES string of the molecule is O=C(NCCc1ccccc1F)[C@H]1CC(=O)N(CC(F)(F)F)C1. The van der Waals surface area contributed by atoms with Gasteiger partial charge in [-0.25, -0.2) is 4.39 Å². The molecule has 1 atom stereocenters. The standard InChI is InChI=1S/C15H16F4N2O2/c16-12-4-2-1-3-10(12)5-6-20-14(23)11-7-13(22)21(8-11)9-15(17,18)19/h1-4,11H,5-9H2,(H,20,23)/t11-/m0/s1. The third-order valence-corrected chi connectivity index (χ3v) is 3.61. The quantitative estimate of drug-likeness (QED) is 0.837. The van der Waals surface area contributed by atoms with E-state index in [-0.39, 0.29) is 31.7 Å². The number of alkyl halides is 3. The van der Waals surface area contributed by atoms with Gasteiger partial charge in [0.1, 0.15) is 12.4 Å². The topological polar surface area (TPSA) is 49.4 Å². The predicted molar refractivity (Wildman–Crippen MR) is 73.9 cm³/mol. The highest BCUT2D eigenvalue weighted by atomic mass is 19.4. The monoisotopic (exact) mass is 332 g/mol. The van der Waals surface area contributed by atoms with Gasteiger partial charge in [-0.2, -0.15) is 13.2 Å². The van der Waals surface area contributed by atoms with E-state index < -0.39 is 30.5 Å². The fourth-order valence-electron chi connectivity index (χ4n) is 2.48. The number of carbonyl (C=O) groups is 2. The van der Waals surface area contributed by atoms with Crippen LogP contribution in [0, 0.1) is 11.7 Å². The number of nitrogens with zero attached hydrogens (tertiary/aromatic N) is 1. The van der Waals surface area contributed by atoms with Gasteiger partial charge in [-0.15, -0.1) is 0 Å². The number of hydrogen-bond acceptors (Lipinski definition) is 2. The molecule has 1 saturated heterocycles. The lowest BCUT2D eigenvalue weighted by Crippen LogP contribution is -2.37. The van der Waals surface area contributed by atoms with Crippen molar-refractivity contribution in [3.8, 4) is 0 Å². The summed E-state index contributed by atoms with van der Waals surface area (Å²) in [5.74, 6) is -2.35. The molecule has 1 aliphatic rings. The summed E-state index contributed by atoms with van der Waals surface area (Å²) in [5, 5.41) is 2.54. The molecule has 0 unspecified atom stereocenters. The first-order valence-corrected chi connectivity index (χ1v) is 7.12. The van der Waals surface area contributed by atoms with Crippen LogP contribution in [0.2, 0.25) is 0 Å². The van der Waals surface area contributed by atoms with Crippen LogP contribution in [-0.2, 0) is 16.0 Å². The number of benzene rings is 1. The summed E-state index contributed by atoms with van der Waals surface area (Å²) in [6, 6.07) is 6.12. The zero-order valence-corrected chi connectivity index (χ0v) is 12.2. The Kier molecular flexibility index (Phi) is 5.23. The average Bonchev–Trinajstić information content (AvgIpc) is 2.80. The first-order valence-electron chi connectivity index (χ1n) is 7.12. The molecule has 1 aromatic carbocycles. The van der Waals surface area contributed by atoms with E-state index in [9.17, 15) is 27.2 Å². The van der Waals surface area contributed by atoms with Gasteiger partial charge >= 0.3 is 6.18 Å². The van der Waals surface area contributed by atoms with E-state index in [1.165, 1.54) is 6.07 Å². The minimum absolute atomic E-state index is 0.156. The van der Waals surface area contributed by atoms with Crippen LogP contribution >= 0.6 is 0 Å². The predicted octanol–water partition coefficient (Wildman–Crippen LogP) is 1.90. The van der Waals surface area contributed by atoms with E-state index >= 15 is 0 Å². The van der Waals surface area contributed by atoms with E-state index in [0.29, 0.717) is 10.5 Å². The zero-order chi connectivity index (χ0) is 17.0. The molecule has 0 aliphatic carbocycles. The molecule has 1 aromatic rings. The van der Waals surface area contributed by atoms with Crippen LogP contribution in [0.25, 0.3) is 0 Å². The number of hydrogen-bond donors (Lipinski definition) is 1. The Balaban J connectivity index is 1.80. The molecule has 23 heavy (non-hydrogen) atoms. The van der Waals surface area contributed by atoms with Crippen molar-refractivity contribution in [1.82, 2.24) is 10.2 Å². The summed E-state index contributed by atoms with van der Waals surface area (Å²) in [4.78, 5) is 24.1. The zero-order valence-electron chi connectivity index (χ0n) is 12.2. The van der Waals surface area contributed by atoms with Gasteiger partial charge in [0.05, 0.1) is 5.92 Å². The molecule has 1 heterocycles. The third kappa shape index (κ3) is 4.94. The van der Waals surface area contributed by atoms with E-state index in [2.05, 4.69) is 5.32 Å². The second kappa shape index (κ2) is 6.97. The maximum atomic E-state index is 13.4. The van der Waals surface area contributed by atoms with Crippen molar-refractivity contribution in [2.24, 2.45) is 5.92 Å². The Morgan fingerprint density at radius 2 is 2.00 bits per heavy atom. The van der Waals surface area contributed by atoms with Crippen LogP contribution in [0.3, 0.4) is 0 Å². The summed E-state index contributed by atoms with van der Waals surface area (Å²) in [7, 11) is 0. The van der Waals surface area contributed by atoms with Crippen molar-refractivity contribution in [1.29, 1.82) is 0 Å². The van der Waals surface area contributed by atoms with E-state index in [0.717, 1.165) is 0 Å². The summed E-state index contributed by atoms with van der Waals surface area (Å²) in [6.07, 6.45) is -4.45. The molecule has 0 aromatic heterocycles. The lowest BCUT2D eigenvalue weighted by molar-refractivity contribution is -0.157. The molecule has 0 spiro atoms. The summed E-state index contributed by atoms with van der Waals surface area (Å²) in [5.41, 5.74) is 0.439. The second-order valence-electron chi connectivity index (χ2n) is 5.42. The van der Waals surface area contributed by atoms with Crippen molar-refractivity contribution in [3.05, 3.63) is 35.6 Å². The van der Waals surface area contributed by atoms with Gasteiger partial charge in [0.2, 0.25) is 11.8 Å². The van der Waals surface area contributed by atoms with Gasteiger partial charge < -0.3 is 10.2 Å². The number of amides is 2. The fraction of sp³-hybridized carbons (Fsp3) is 0.467. The number of carbonyl (C=O) groups excluding carboxylic acids is 2. The summed E-state index contributed by atoms with van der Waals surface area (Å²) >= 11 is 0. The number of halogens is 4. The first kappa shape index (κ1) is 17.2. The van der Waals surface area contributed by atoms with Gasteiger partial charge in [0.15, 0.2) is 0 Å². The molecule has 4 nitrogen and oxygen atoms in total. The van der Waals surface area contributed by atoms with E-state index in [1.807, 2.05) is 0 Å². The summed E-state index contributed by atoms with van der Waals surface area (Å²) in [6.45, 7) is -1.43. The summed E-state index contributed by atoms with van der Waals surface area (Å²) < 4.78 is 50.3. The van der Waals surface area contributed by atoms with Crippen LogP contribution in [0.15, 0.2) is 24.3 Å². The smallest absolute Gasteiger partial charge is 0.355 e. The fourth-order valence-corrected chi connectivity index (χ4v) is 2.48. The molecular formula is C15H16F4N2O2. The third-order valence-electron chi connectivity index (χ3n) is 3.61. The molecule has 2 amide bonds. The molecule has 0 saturated carbocycles. The highest BCUT2D eigenvalue weighted by Gasteiger charge is 2.40. The van der Waals surface area contributed by atoms with Crippen molar-refractivity contribution >= 4 is 11.8 Å². The lowest BCUT2D eigenvalue weighted by atomic mass is 10.1. The Hall–Kier alpha value is -2.12. The van der Waals surface area contributed by atoms with Crippen LogP contribution in [0.5, 0.6) is 0 Å². The largest absolute Gasteiger partial charge is 0.406 e. The number of rotatable bonds is 5. The normalized spacial score (nSPS) is 18.3. The van der Waals surface area contributed by atoms with E-state index in [4.69, 9.17) is 0 Å². The van der Waals surface area contributed by atoms with Crippen LogP contribution in [0.1, 0.15) is 12.0 Å². The number of nitrogens with one attached hydrogen (secondary N) is 1. The maximum Gasteiger partial charge on any atom is 0.406 e. The van der Waals surface area contributed by atoms with Crippen LogP contribution in [0.4, 0.5) is 17.6 Å². The van der Waals surface area contributed by atoms with Gasteiger partial charge in [0, 0.05) is 19.5 Å². The van der Waals surface area contributed by atoms with Crippen molar-refractivity contribution in [3.63, 3.8) is 0 Å². The Labute approximate surface area is 130 Å². The van der Waals surface area contributed by atoms with Gasteiger partial charge in [0.25, 0.3) is 0 Å². The highest BCUT2D eigenvalue weighted by Crippen LogP contribution is 2.23. The molecule has 0 bridgehead atoms. The minimum atomic E-state index is -4.48. The van der Waals surface area contributed by atoms with Gasteiger partial charge in [-0.05, 0) is 18.1 Å². The molecule has 126 valence electrons. The highest BCUT2D eigenvalue weighted by molar-refractivity contribution is 5.89. The first-order chi connectivity index (χ1) is 10.8. The van der Waals surface area contributed by atoms with Gasteiger partial charge in [-0.1, -0.05) is 18.2 Å². The Bertz CT molecular complexity index is 589. The number of likely N-dealkylation sites (tertiary alicyclic amines) is 1. The lowest BCUT2D eigenvalue weighted by Gasteiger charge is -2.18. The van der Waals surface area contributed by atoms with Crippen molar-refractivity contribution in [2.75, 3.05) is 19.6 Å².